The molecule has 3 aromatic carbocycles. The molecule has 0 aliphatic carbocycles. The van der Waals surface area contributed by atoms with E-state index in [4.69, 9.17) is 0 Å². The third-order valence-corrected chi connectivity index (χ3v) is 6.38. The van der Waals surface area contributed by atoms with Crippen molar-refractivity contribution in [3.8, 4) is 17.1 Å². The van der Waals surface area contributed by atoms with Crippen molar-refractivity contribution < 1.29 is 4.79 Å². The third-order valence-electron chi connectivity index (χ3n) is 5.34. The smallest absolute Gasteiger partial charge is 0.237 e. The number of aryl methyl sites for hydroxylation is 3. The lowest BCUT2D eigenvalue weighted by Gasteiger charge is -2.16. The van der Waals surface area contributed by atoms with Gasteiger partial charge in [-0.05, 0) is 51.0 Å². The molecule has 0 bridgehead atoms. The highest BCUT2D eigenvalue weighted by atomic mass is 32.2. The zero-order chi connectivity index (χ0) is 22.7. The Hall–Kier alpha value is -3.38. The van der Waals surface area contributed by atoms with E-state index in [2.05, 4.69) is 46.7 Å². The van der Waals surface area contributed by atoms with Gasteiger partial charge in [0.15, 0.2) is 11.0 Å². The summed E-state index contributed by atoms with van der Waals surface area (Å²) in [5, 5.41) is 12.3. The number of thioether (sulfide) groups is 1. The molecule has 1 heterocycles. The number of anilines is 1. The molecule has 1 aromatic heterocycles. The molecule has 6 heteroatoms. The number of rotatable bonds is 6. The molecule has 4 rings (SSSR count). The minimum absolute atomic E-state index is 0.0629. The molecular formula is C26H26N4OS. The second-order valence-corrected chi connectivity index (χ2v) is 9.17. The molecule has 1 N–H and O–H groups in total. The molecule has 0 fully saturated rings. The van der Waals surface area contributed by atoms with Crippen molar-refractivity contribution in [2.24, 2.45) is 0 Å². The van der Waals surface area contributed by atoms with Crippen molar-refractivity contribution in [2.45, 2.75) is 38.1 Å². The molecule has 1 atom stereocenters. The Morgan fingerprint density at radius 2 is 1.53 bits per heavy atom. The maximum atomic E-state index is 13.0. The molecule has 1 amide bonds. The summed E-state index contributed by atoms with van der Waals surface area (Å²) in [6.45, 7) is 7.95. The molecule has 0 radical (unpaired) electrons. The van der Waals surface area contributed by atoms with Gasteiger partial charge >= 0.3 is 0 Å². The molecule has 0 aliphatic heterocycles. The Labute approximate surface area is 192 Å². The van der Waals surface area contributed by atoms with Crippen LogP contribution in [0.5, 0.6) is 0 Å². The van der Waals surface area contributed by atoms with Gasteiger partial charge in [0.05, 0.1) is 5.25 Å². The number of hydrogen-bond donors (Lipinski definition) is 1. The van der Waals surface area contributed by atoms with Crippen molar-refractivity contribution in [3.05, 3.63) is 89.5 Å². The van der Waals surface area contributed by atoms with Gasteiger partial charge in [-0.1, -0.05) is 78.0 Å². The molecule has 0 spiro atoms. The van der Waals surface area contributed by atoms with Crippen LogP contribution in [0.25, 0.3) is 17.1 Å². The van der Waals surface area contributed by atoms with Crippen LogP contribution in [0.4, 0.5) is 5.69 Å². The first-order chi connectivity index (χ1) is 15.4. The molecular weight excluding hydrogens is 416 g/mol. The summed E-state index contributed by atoms with van der Waals surface area (Å²) in [5.74, 6) is 0.687. The highest BCUT2D eigenvalue weighted by Crippen LogP contribution is 2.31. The fourth-order valence-corrected chi connectivity index (χ4v) is 4.36. The molecule has 1 unspecified atom stereocenters. The van der Waals surface area contributed by atoms with Crippen molar-refractivity contribution in [3.63, 3.8) is 0 Å². The van der Waals surface area contributed by atoms with Gasteiger partial charge in [-0.3, -0.25) is 9.36 Å². The van der Waals surface area contributed by atoms with E-state index in [9.17, 15) is 4.79 Å². The Kier molecular flexibility index (Phi) is 6.42. The van der Waals surface area contributed by atoms with Crippen LogP contribution >= 0.6 is 11.8 Å². The number of nitrogens with zero attached hydrogens (tertiary/aromatic N) is 3. The average Bonchev–Trinajstić information content (AvgIpc) is 3.20. The lowest BCUT2D eigenvalue weighted by atomic mass is 10.1. The molecule has 0 aliphatic rings. The summed E-state index contributed by atoms with van der Waals surface area (Å²) >= 11 is 1.40. The third kappa shape index (κ3) is 4.60. The number of carbonyl (C=O) groups is 1. The topological polar surface area (TPSA) is 59.8 Å². The Balaban J connectivity index is 1.65. The largest absolute Gasteiger partial charge is 0.325 e. The van der Waals surface area contributed by atoms with Crippen LogP contribution < -0.4 is 5.32 Å². The normalized spacial score (nSPS) is 11.9. The van der Waals surface area contributed by atoms with Crippen LogP contribution in [0, 0.1) is 20.8 Å². The zero-order valence-corrected chi connectivity index (χ0v) is 19.5. The van der Waals surface area contributed by atoms with E-state index in [1.54, 1.807) is 0 Å². The van der Waals surface area contributed by atoms with E-state index < -0.39 is 0 Å². The van der Waals surface area contributed by atoms with E-state index >= 15 is 0 Å². The van der Waals surface area contributed by atoms with Crippen LogP contribution in [-0.2, 0) is 4.79 Å². The standard InChI is InChI=1S/C26H26N4OS/c1-17-13-15-22(16-14-17)30-24(21-11-6-5-7-12-21)28-29-26(30)32-20(4)25(31)27-23-18(2)9-8-10-19(23)3/h5-16,20H,1-4H3,(H,27,31). The first kappa shape index (κ1) is 21.8. The van der Waals surface area contributed by atoms with Gasteiger partial charge in [-0.15, -0.1) is 10.2 Å². The lowest BCUT2D eigenvalue weighted by molar-refractivity contribution is -0.115. The number of hydrogen-bond acceptors (Lipinski definition) is 4. The number of para-hydroxylation sites is 1. The van der Waals surface area contributed by atoms with Gasteiger partial charge in [0.25, 0.3) is 0 Å². The second kappa shape index (κ2) is 9.40. The first-order valence-corrected chi connectivity index (χ1v) is 11.4. The average molecular weight is 443 g/mol. The van der Waals surface area contributed by atoms with Crippen molar-refractivity contribution in [1.82, 2.24) is 14.8 Å². The zero-order valence-electron chi connectivity index (χ0n) is 18.7. The quantitative estimate of drug-likeness (QED) is 0.373. The van der Waals surface area contributed by atoms with Crippen LogP contribution in [0.2, 0.25) is 0 Å². The number of aromatic nitrogens is 3. The predicted molar refractivity (Wildman–Crippen MR) is 131 cm³/mol. The van der Waals surface area contributed by atoms with E-state index in [0.717, 1.165) is 33.9 Å². The fraction of sp³-hybridized carbons (Fsp3) is 0.192. The molecule has 0 saturated heterocycles. The minimum atomic E-state index is -0.356. The first-order valence-electron chi connectivity index (χ1n) is 10.6. The summed E-state index contributed by atoms with van der Waals surface area (Å²) in [6, 6.07) is 24.2. The van der Waals surface area contributed by atoms with Gasteiger partial charge in [-0.25, -0.2) is 0 Å². The van der Waals surface area contributed by atoms with Gasteiger partial charge in [0, 0.05) is 16.9 Å². The lowest BCUT2D eigenvalue weighted by Crippen LogP contribution is -2.23. The number of amides is 1. The maximum Gasteiger partial charge on any atom is 0.237 e. The van der Waals surface area contributed by atoms with Gasteiger partial charge in [0.2, 0.25) is 5.91 Å². The minimum Gasteiger partial charge on any atom is -0.325 e. The summed E-state index contributed by atoms with van der Waals surface area (Å²) in [4.78, 5) is 13.0. The molecule has 5 nitrogen and oxygen atoms in total. The highest BCUT2D eigenvalue weighted by Gasteiger charge is 2.22. The summed E-state index contributed by atoms with van der Waals surface area (Å²) in [5.41, 5.74) is 6.08. The Morgan fingerprint density at radius 3 is 2.19 bits per heavy atom. The van der Waals surface area contributed by atoms with Crippen molar-refractivity contribution in [2.75, 3.05) is 5.32 Å². The van der Waals surface area contributed by atoms with E-state index in [-0.39, 0.29) is 11.2 Å². The number of carbonyl (C=O) groups excluding carboxylic acids is 1. The van der Waals surface area contributed by atoms with Gasteiger partial charge in [-0.2, -0.15) is 0 Å². The van der Waals surface area contributed by atoms with Crippen LogP contribution in [0.1, 0.15) is 23.6 Å². The van der Waals surface area contributed by atoms with E-state index in [1.165, 1.54) is 17.3 Å². The van der Waals surface area contributed by atoms with Crippen molar-refractivity contribution in [1.29, 1.82) is 0 Å². The van der Waals surface area contributed by atoms with E-state index in [1.807, 2.05) is 73.9 Å². The summed E-state index contributed by atoms with van der Waals surface area (Å²) < 4.78 is 2.02. The predicted octanol–water partition coefficient (Wildman–Crippen LogP) is 5.98. The van der Waals surface area contributed by atoms with Crippen LogP contribution in [0.15, 0.2) is 78.0 Å². The number of nitrogens with one attached hydrogen (secondary N) is 1. The maximum absolute atomic E-state index is 13.0. The summed E-state index contributed by atoms with van der Waals surface area (Å²) in [6.07, 6.45) is 0. The summed E-state index contributed by atoms with van der Waals surface area (Å²) in [7, 11) is 0. The second-order valence-electron chi connectivity index (χ2n) is 7.86. The van der Waals surface area contributed by atoms with Crippen molar-refractivity contribution >= 4 is 23.4 Å². The van der Waals surface area contributed by atoms with Crippen LogP contribution in [-0.4, -0.2) is 25.9 Å². The number of benzene rings is 3. The Morgan fingerprint density at radius 1 is 0.875 bits per heavy atom. The van der Waals surface area contributed by atoms with Crippen LogP contribution in [0.3, 0.4) is 0 Å². The monoisotopic (exact) mass is 442 g/mol. The highest BCUT2D eigenvalue weighted by molar-refractivity contribution is 8.00. The molecule has 32 heavy (non-hydrogen) atoms. The molecule has 4 aromatic rings. The molecule has 162 valence electrons. The SMILES string of the molecule is Cc1ccc(-n2c(SC(C)C(=O)Nc3c(C)cccc3C)nnc2-c2ccccc2)cc1. The van der Waals surface area contributed by atoms with Gasteiger partial charge in [0.1, 0.15) is 0 Å². The Bertz CT molecular complexity index is 1210. The van der Waals surface area contributed by atoms with E-state index in [0.29, 0.717) is 5.16 Å². The van der Waals surface area contributed by atoms with Gasteiger partial charge < -0.3 is 5.32 Å². The molecule has 0 saturated carbocycles. The fourth-order valence-electron chi connectivity index (χ4n) is 3.50.